The Morgan fingerprint density at radius 3 is 2.84 bits per heavy atom. The first-order valence-corrected chi connectivity index (χ1v) is 11.2. The fraction of sp³-hybridized carbons (Fsp3) is 0.227. The average Bonchev–Trinajstić information content (AvgIpc) is 3.04. The quantitative estimate of drug-likeness (QED) is 0.557. The largest absolute Gasteiger partial charge is 0.506 e. The minimum atomic E-state index is -1.25. The Kier molecular flexibility index (Phi) is 4.85. The van der Waals surface area contributed by atoms with Crippen molar-refractivity contribution in [1.82, 2.24) is 4.57 Å². The Balaban J connectivity index is 1.81. The molecule has 3 atom stereocenters. The van der Waals surface area contributed by atoms with Gasteiger partial charge in [0.15, 0.2) is 4.80 Å². The summed E-state index contributed by atoms with van der Waals surface area (Å²) in [6.07, 6.45) is 1.51. The number of rotatable bonds is 2. The highest BCUT2D eigenvalue weighted by molar-refractivity contribution is 7.07. The number of para-hydroxylation sites is 1. The Hall–Kier alpha value is -2.81. The average molecular weight is 491 g/mol. The lowest BCUT2D eigenvalue weighted by atomic mass is 9.81. The van der Waals surface area contributed by atoms with E-state index in [1.165, 1.54) is 29.9 Å². The Morgan fingerprint density at radius 1 is 1.34 bits per heavy atom. The predicted molar refractivity (Wildman–Crippen MR) is 120 cm³/mol. The molecule has 32 heavy (non-hydrogen) atoms. The number of carbonyl (C=O) groups is 1. The van der Waals surface area contributed by atoms with Gasteiger partial charge in [0.05, 0.1) is 22.7 Å². The number of nitrogens with zero attached hydrogens (tertiary/aromatic N) is 2. The van der Waals surface area contributed by atoms with Gasteiger partial charge in [-0.2, -0.15) is 0 Å². The van der Waals surface area contributed by atoms with Crippen LogP contribution in [-0.2, 0) is 9.53 Å². The molecule has 0 spiro atoms. The molecule has 10 heteroatoms. The first-order chi connectivity index (χ1) is 15.2. The summed E-state index contributed by atoms with van der Waals surface area (Å²) < 4.78 is 13.0. The summed E-state index contributed by atoms with van der Waals surface area (Å²) >= 11 is 13.2. The van der Waals surface area contributed by atoms with E-state index in [9.17, 15) is 14.7 Å². The van der Waals surface area contributed by atoms with E-state index in [1.54, 1.807) is 13.0 Å². The van der Waals surface area contributed by atoms with Gasteiger partial charge in [-0.15, -0.1) is 0 Å². The monoisotopic (exact) mass is 490 g/mol. The molecule has 0 radical (unpaired) electrons. The maximum Gasteiger partial charge on any atom is 0.317 e. The number of aromatic nitrogens is 1. The van der Waals surface area contributed by atoms with E-state index < -0.39 is 23.7 Å². The molecular weight excluding hydrogens is 475 g/mol. The van der Waals surface area contributed by atoms with Gasteiger partial charge >= 0.3 is 5.97 Å². The van der Waals surface area contributed by atoms with Crippen molar-refractivity contribution < 1.29 is 19.4 Å². The second kappa shape index (κ2) is 7.37. The van der Waals surface area contributed by atoms with Crippen molar-refractivity contribution in [2.24, 2.45) is 10.9 Å². The van der Waals surface area contributed by atoms with Crippen LogP contribution in [0.5, 0.6) is 11.5 Å². The van der Waals surface area contributed by atoms with Gasteiger partial charge < -0.3 is 14.6 Å². The number of ether oxygens (including phenoxy) is 2. The molecule has 5 rings (SSSR count). The molecule has 0 aliphatic carbocycles. The smallest absolute Gasteiger partial charge is 0.317 e. The number of phenolic OH excluding ortho intramolecular Hbond substituents is 1. The summed E-state index contributed by atoms with van der Waals surface area (Å²) in [6, 6.07) is 9.51. The minimum absolute atomic E-state index is 0.0753. The van der Waals surface area contributed by atoms with Crippen molar-refractivity contribution in [3.63, 3.8) is 0 Å². The fourth-order valence-corrected chi connectivity index (χ4v) is 5.87. The Bertz CT molecular complexity index is 1460. The molecule has 2 bridgehead atoms. The van der Waals surface area contributed by atoms with E-state index in [4.69, 9.17) is 32.7 Å². The van der Waals surface area contributed by atoms with Crippen molar-refractivity contribution >= 4 is 46.6 Å². The van der Waals surface area contributed by atoms with Gasteiger partial charge in [-0.3, -0.25) is 14.2 Å². The van der Waals surface area contributed by atoms with Crippen LogP contribution < -0.4 is 19.6 Å². The highest BCUT2D eigenvalue weighted by atomic mass is 35.5. The van der Waals surface area contributed by atoms with Gasteiger partial charge in [0.2, 0.25) is 5.72 Å². The maximum absolute atomic E-state index is 13.5. The highest BCUT2D eigenvalue weighted by Gasteiger charge is 2.55. The molecule has 2 aliphatic rings. The summed E-state index contributed by atoms with van der Waals surface area (Å²) in [5.74, 6) is -1.01. The normalized spacial score (nSPS) is 23.6. The second-order valence-corrected chi connectivity index (χ2v) is 9.50. The van der Waals surface area contributed by atoms with Crippen LogP contribution in [0.2, 0.25) is 10.0 Å². The van der Waals surface area contributed by atoms with E-state index in [1.807, 2.05) is 18.2 Å². The van der Waals surface area contributed by atoms with Crippen LogP contribution in [0.1, 0.15) is 24.1 Å². The zero-order chi connectivity index (χ0) is 22.8. The molecule has 0 amide bonds. The summed E-state index contributed by atoms with van der Waals surface area (Å²) in [5.41, 5.74) is -0.616. The van der Waals surface area contributed by atoms with Gasteiger partial charge in [-0.05, 0) is 31.2 Å². The zero-order valence-electron chi connectivity index (χ0n) is 16.8. The number of benzene rings is 2. The lowest BCUT2D eigenvalue weighted by Gasteiger charge is -2.44. The minimum Gasteiger partial charge on any atom is -0.506 e. The van der Waals surface area contributed by atoms with Crippen molar-refractivity contribution in [1.29, 1.82) is 0 Å². The van der Waals surface area contributed by atoms with Gasteiger partial charge in [-0.1, -0.05) is 52.7 Å². The first-order valence-electron chi connectivity index (χ1n) is 9.60. The van der Waals surface area contributed by atoms with Gasteiger partial charge in [0, 0.05) is 16.1 Å². The molecule has 1 N–H and O–H groups in total. The molecule has 2 aliphatic heterocycles. The van der Waals surface area contributed by atoms with Crippen molar-refractivity contribution in [3.05, 3.63) is 77.3 Å². The summed E-state index contributed by atoms with van der Waals surface area (Å²) in [7, 11) is 1.30. The number of hydrogen-bond donors (Lipinski definition) is 1. The molecule has 164 valence electrons. The molecule has 3 aromatic rings. The molecule has 2 aromatic carbocycles. The molecule has 0 saturated carbocycles. The van der Waals surface area contributed by atoms with Crippen LogP contribution in [0.3, 0.4) is 0 Å². The Morgan fingerprint density at radius 2 is 2.09 bits per heavy atom. The van der Waals surface area contributed by atoms with Crippen molar-refractivity contribution in [3.8, 4) is 11.5 Å². The van der Waals surface area contributed by atoms with Gasteiger partial charge in [-0.25, -0.2) is 4.99 Å². The number of halogens is 2. The second-order valence-electron chi connectivity index (χ2n) is 7.65. The lowest BCUT2D eigenvalue weighted by Crippen LogP contribution is -2.58. The molecule has 1 aromatic heterocycles. The van der Waals surface area contributed by atoms with Crippen LogP contribution >= 0.6 is 34.5 Å². The number of esters is 1. The summed E-state index contributed by atoms with van der Waals surface area (Å²) in [6.45, 7) is 1.71. The van der Waals surface area contributed by atoms with E-state index in [2.05, 4.69) is 4.99 Å². The van der Waals surface area contributed by atoms with Crippen molar-refractivity contribution in [2.75, 3.05) is 7.11 Å². The highest BCUT2D eigenvalue weighted by Crippen LogP contribution is 2.47. The van der Waals surface area contributed by atoms with Crippen LogP contribution in [0.25, 0.3) is 6.08 Å². The van der Waals surface area contributed by atoms with Crippen molar-refractivity contribution in [2.45, 2.75) is 18.7 Å². The third-order valence-electron chi connectivity index (χ3n) is 5.68. The number of aromatic hydroxyl groups is 1. The molecular formula is C22H16Cl2N2O5S. The fourth-order valence-electron chi connectivity index (χ4n) is 4.27. The molecule has 0 unspecified atom stereocenters. The SMILES string of the molecule is COC(=O)[C@@H]1[C@H]2c3ccccc3O[C@]1(C)N=c1s/c(=C/c3cc(Cl)cc(Cl)c3O)c(=O)n12. The number of carbonyl (C=O) groups excluding carboxylic acids is 1. The van der Waals surface area contributed by atoms with Crippen LogP contribution in [0, 0.1) is 5.92 Å². The number of phenols is 1. The van der Waals surface area contributed by atoms with Crippen LogP contribution in [-0.4, -0.2) is 28.5 Å². The third-order valence-corrected chi connectivity index (χ3v) is 7.17. The van der Waals surface area contributed by atoms with Gasteiger partial charge in [0.25, 0.3) is 5.56 Å². The van der Waals surface area contributed by atoms with Crippen LogP contribution in [0.15, 0.2) is 46.2 Å². The van der Waals surface area contributed by atoms with E-state index in [0.29, 0.717) is 31.2 Å². The third kappa shape index (κ3) is 3.05. The number of methoxy groups -OCH3 is 1. The molecule has 0 fully saturated rings. The number of fused-ring (bicyclic) bond motifs is 6. The van der Waals surface area contributed by atoms with E-state index in [-0.39, 0.29) is 16.3 Å². The zero-order valence-corrected chi connectivity index (χ0v) is 19.2. The van der Waals surface area contributed by atoms with Crippen LogP contribution in [0.4, 0.5) is 0 Å². The molecule has 7 nitrogen and oxygen atoms in total. The summed E-state index contributed by atoms with van der Waals surface area (Å²) in [4.78, 5) is 31.4. The number of hydrogen-bond acceptors (Lipinski definition) is 7. The van der Waals surface area contributed by atoms with E-state index >= 15 is 0 Å². The van der Waals surface area contributed by atoms with E-state index in [0.717, 1.165) is 11.3 Å². The first kappa shape index (κ1) is 21.1. The molecule has 0 saturated heterocycles. The number of thiazole rings is 1. The van der Waals surface area contributed by atoms with Gasteiger partial charge in [0.1, 0.15) is 17.4 Å². The maximum atomic E-state index is 13.5. The summed E-state index contributed by atoms with van der Waals surface area (Å²) in [5, 5.41) is 10.7. The lowest BCUT2D eigenvalue weighted by molar-refractivity contribution is -0.158. The predicted octanol–water partition coefficient (Wildman–Crippen LogP) is 2.87. The standard InChI is InChI=1S/C22H16Cl2N2O5S/c1-22-16(20(29)30-2)17(12-5-3-4-6-14(12)31-22)26-19(28)15(32-21(26)25-22)8-10-7-11(23)9-13(24)18(10)27/h3-9,16-17,27H,1-2H3/b15-8+/t16-,17+,22-/m0/s1. The Labute approximate surface area is 195 Å². The topological polar surface area (TPSA) is 90.1 Å². The molecule has 3 heterocycles.